The number of alkyl halides is 1. The van der Waals surface area contributed by atoms with E-state index in [1.165, 1.54) is 24.3 Å². The first-order valence-corrected chi connectivity index (χ1v) is 16.9. The molecule has 2 bridgehead atoms. The van der Waals surface area contributed by atoms with Crippen LogP contribution in [0, 0.1) is 24.0 Å². The highest BCUT2D eigenvalue weighted by atomic mass is 35.5. The third-order valence-electron chi connectivity index (χ3n) is 11.3. The van der Waals surface area contributed by atoms with Crippen LogP contribution in [0.1, 0.15) is 49.7 Å². The van der Waals surface area contributed by atoms with Crippen LogP contribution < -0.4 is 15.0 Å². The smallest absolute Gasteiger partial charge is 0.319 e. The largest absolute Gasteiger partial charge is 0.508 e. The topological polar surface area (TPSA) is 73.8 Å². The number of nitrogens with zero attached hydrogens (tertiary/aromatic N) is 4. The Morgan fingerprint density at radius 3 is 2.85 bits per heavy atom. The molecule has 11 heteroatoms. The molecule has 1 aromatic heterocycles. The van der Waals surface area contributed by atoms with Crippen molar-refractivity contribution in [1.29, 1.82) is 0 Å². The van der Waals surface area contributed by atoms with E-state index in [0.29, 0.717) is 53.7 Å². The number of phenolic OH excluding ortho intramolecular Hbond substituents is 1. The maximum atomic E-state index is 17.4. The van der Waals surface area contributed by atoms with Crippen LogP contribution in [-0.4, -0.2) is 76.1 Å². The molecular weight excluding hydrogens is 639 g/mol. The molecule has 0 radical (unpaired) electrons. The predicted molar refractivity (Wildman–Crippen MR) is 180 cm³/mol. The first kappa shape index (κ1) is 30.1. The summed E-state index contributed by atoms with van der Waals surface area (Å²) in [5.41, 5.74) is 0.702. The molecule has 0 amide bonds. The van der Waals surface area contributed by atoms with Crippen LogP contribution in [0.2, 0.25) is 5.02 Å². The first-order valence-electron chi connectivity index (χ1n) is 16.5. The maximum absolute atomic E-state index is 17.4. The van der Waals surface area contributed by atoms with E-state index in [1.807, 2.05) is 0 Å². The van der Waals surface area contributed by atoms with E-state index in [2.05, 4.69) is 32.6 Å². The highest BCUT2D eigenvalue weighted by Crippen LogP contribution is 2.51. The maximum Gasteiger partial charge on any atom is 0.319 e. The van der Waals surface area contributed by atoms with Crippen molar-refractivity contribution in [3.05, 3.63) is 58.6 Å². The lowest BCUT2D eigenvalue weighted by atomic mass is 9.89. The quantitative estimate of drug-likeness (QED) is 0.233. The van der Waals surface area contributed by atoms with Gasteiger partial charge in [0.15, 0.2) is 5.82 Å². The molecule has 6 heterocycles. The zero-order valence-electron chi connectivity index (χ0n) is 26.1. The minimum atomic E-state index is -0.932. The van der Waals surface area contributed by atoms with Gasteiger partial charge in [0, 0.05) is 54.1 Å². The van der Waals surface area contributed by atoms with Crippen LogP contribution in [-0.2, 0) is 0 Å². The van der Waals surface area contributed by atoms with E-state index in [1.54, 1.807) is 0 Å². The Hall–Kier alpha value is -4.04. The fourth-order valence-electron chi connectivity index (χ4n) is 9.26. The normalized spacial score (nSPS) is 27.7. The predicted octanol–water partition coefficient (Wildman–Crippen LogP) is 6.75. The molecule has 5 aliphatic rings. The van der Waals surface area contributed by atoms with Crippen molar-refractivity contribution < 1.29 is 23.0 Å². The molecule has 5 aliphatic heterocycles. The zero-order valence-corrected chi connectivity index (χ0v) is 26.9. The molecule has 5 atom stereocenters. The van der Waals surface area contributed by atoms with Gasteiger partial charge in [-0.2, -0.15) is 9.97 Å². The number of hydrogen-bond acceptors (Lipinski definition) is 7. The Labute approximate surface area is 280 Å². The molecule has 4 saturated heterocycles. The van der Waals surface area contributed by atoms with Gasteiger partial charge in [-0.25, -0.2) is 13.2 Å². The van der Waals surface area contributed by atoms with Crippen molar-refractivity contribution in [2.45, 2.75) is 68.4 Å². The average Bonchev–Trinajstić information content (AvgIpc) is 3.70. The molecule has 9 rings (SSSR count). The van der Waals surface area contributed by atoms with Crippen molar-refractivity contribution in [2.75, 3.05) is 31.1 Å². The van der Waals surface area contributed by atoms with Gasteiger partial charge >= 0.3 is 6.01 Å². The minimum Gasteiger partial charge on any atom is -0.508 e. The van der Waals surface area contributed by atoms with Crippen molar-refractivity contribution in [2.24, 2.45) is 0 Å². The van der Waals surface area contributed by atoms with E-state index >= 15 is 8.78 Å². The molecule has 48 heavy (non-hydrogen) atoms. The van der Waals surface area contributed by atoms with Crippen LogP contribution in [0.15, 0.2) is 30.8 Å². The second-order valence-electron chi connectivity index (χ2n) is 14.0. The Morgan fingerprint density at radius 2 is 2.02 bits per heavy atom. The molecule has 0 aliphatic carbocycles. The number of ether oxygens (including phenoxy) is 1. The Kier molecular flexibility index (Phi) is 6.72. The SMILES string of the molecule is C#Cc1c(F)ccc2cc(O)cc(-c3c(Cl)c4c5c(nc(OC[C@@]67CCCN6C[C@H](F)C7)nc5c3F)N3C[C@H]5CC[C@H](N5)[C@H]3CC4=C)c12. The highest BCUT2D eigenvalue weighted by molar-refractivity contribution is 6.37. The molecule has 4 aromatic rings. The Morgan fingerprint density at radius 1 is 1.17 bits per heavy atom. The van der Waals surface area contributed by atoms with Crippen molar-refractivity contribution in [3.63, 3.8) is 0 Å². The van der Waals surface area contributed by atoms with Gasteiger partial charge in [-0.1, -0.05) is 30.2 Å². The van der Waals surface area contributed by atoms with Gasteiger partial charge in [0.1, 0.15) is 35.7 Å². The summed E-state index contributed by atoms with van der Waals surface area (Å²) in [6, 6.07) is 5.89. The number of piperazine rings is 1. The molecule has 2 N–H and O–H groups in total. The number of terminal acetylenes is 1. The lowest BCUT2D eigenvalue weighted by Crippen LogP contribution is -2.58. The molecule has 7 nitrogen and oxygen atoms in total. The number of benzene rings is 3. The molecule has 3 aromatic carbocycles. The van der Waals surface area contributed by atoms with Gasteiger partial charge in [-0.15, -0.1) is 6.42 Å². The number of nitrogens with one attached hydrogen (secondary N) is 1. The monoisotopic (exact) mass is 671 g/mol. The third-order valence-corrected chi connectivity index (χ3v) is 11.7. The Balaban J connectivity index is 1.30. The van der Waals surface area contributed by atoms with Crippen molar-refractivity contribution in [1.82, 2.24) is 20.2 Å². The highest BCUT2D eigenvalue weighted by Gasteiger charge is 2.50. The number of phenols is 1. The van der Waals surface area contributed by atoms with E-state index in [0.717, 1.165) is 32.2 Å². The second kappa shape index (κ2) is 10.7. The number of aromatic hydroxyl groups is 1. The van der Waals surface area contributed by atoms with E-state index in [9.17, 15) is 9.50 Å². The molecular formula is C37H33ClF3N5O2. The second-order valence-corrected chi connectivity index (χ2v) is 14.4. The number of rotatable bonds is 4. The number of halogens is 4. The number of hydrogen-bond donors (Lipinski definition) is 2. The minimum absolute atomic E-state index is 0.00702. The molecule has 0 spiro atoms. The summed E-state index contributed by atoms with van der Waals surface area (Å²) in [5.74, 6) is 1.33. The van der Waals surface area contributed by atoms with Crippen LogP contribution >= 0.6 is 11.6 Å². The number of aromatic nitrogens is 2. The summed E-state index contributed by atoms with van der Waals surface area (Å²) >= 11 is 7.24. The number of fused-ring (bicyclic) bond motifs is 7. The third kappa shape index (κ3) is 4.30. The van der Waals surface area contributed by atoms with Crippen LogP contribution in [0.5, 0.6) is 11.8 Å². The summed E-state index contributed by atoms with van der Waals surface area (Å²) < 4.78 is 53.4. The first-order chi connectivity index (χ1) is 23.2. The van der Waals surface area contributed by atoms with Crippen molar-refractivity contribution >= 4 is 44.7 Å². The van der Waals surface area contributed by atoms with E-state index in [4.69, 9.17) is 27.7 Å². The van der Waals surface area contributed by atoms with E-state index in [-0.39, 0.29) is 69.1 Å². The van der Waals surface area contributed by atoms with Gasteiger partial charge in [0.05, 0.1) is 21.5 Å². The molecule has 246 valence electrons. The average molecular weight is 672 g/mol. The molecule has 0 saturated carbocycles. The van der Waals surface area contributed by atoms with Crippen LogP contribution in [0.4, 0.5) is 19.0 Å². The number of anilines is 1. The summed E-state index contributed by atoms with van der Waals surface area (Å²) in [7, 11) is 0. The summed E-state index contributed by atoms with van der Waals surface area (Å²) in [4.78, 5) is 14.0. The Bertz CT molecular complexity index is 2120. The lowest BCUT2D eigenvalue weighted by molar-refractivity contribution is 0.107. The molecule has 4 fully saturated rings. The lowest BCUT2D eigenvalue weighted by Gasteiger charge is -2.41. The van der Waals surface area contributed by atoms with E-state index < -0.39 is 23.3 Å². The summed E-state index contributed by atoms with van der Waals surface area (Å²) in [6.45, 7) is 6.46. The van der Waals surface area contributed by atoms with Gasteiger partial charge in [-0.3, -0.25) is 4.90 Å². The van der Waals surface area contributed by atoms with Gasteiger partial charge in [0.2, 0.25) is 0 Å². The van der Waals surface area contributed by atoms with Crippen LogP contribution in [0.3, 0.4) is 0 Å². The van der Waals surface area contributed by atoms with Gasteiger partial charge in [-0.05, 0) is 73.4 Å². The summed E-state index contributed by atoms with van der Waals surface area (Å²) in [6.07, 6.45) is 9.50. The van der Waals surface area contributed by atoms with Crippen LogP contribution in [0.25, 0.3) is 38.4 Å². The molecule has 0 unspecified atom stereocenters. The fraction of sp³-hybridized carbons (Fsp3) is 0.405. The fourth-order valence-corrected chi connectivity index (χ4v) is 9.67. The van der Waals surface area contributed by atoms with Gasteiger partial charge < -0.3 is 20.1 Å². The van der Waals surface area contributed by atoms with Crippen molar-refractivity contribution in [3.8, 4) is 35.2 Å². The standard InChI is InChI=1S/C37H33ClF3N5O2/c1-3-23-25(40)7-5-19-12-22(47)13-24(29(19)23)30-32(38)28-18(2)11-27-26-8-6-21(42-26)16-46(27)35-31(28)34(33(30)41)43-36(44-35)48-17-37-9-4-10-45(37)15-20(39)14-37/h1,5,7,12-13,20-21,26-27,42,47H,2,4,6,8-11,14-17H2/t20-,21-,26+,27-,37+/m1/s1. The van der Waals surface area contributed by atoms with Gasteiger partial charge in [0.25, 0.3) is 0 Å². The zero-order chi connectivity index (χ0) is 33.1. The summed E-state index contributed by atoms with van der Waals surface area (Å²) in [5, 5.41) is 15.7.